The molecule has 1 fully saturated rings. The zero-order valence-electron chi connectivity index (χ0n) is 19.0. The second kappa shape index (κ2) is 10.5. The Hall–Kier alpha value is -2.09. The minimum Gasteiger partial charge on any atom is -0.271 e. The molecule has 2 aromatic rings. The molecule has 0 bridgehead atoms. The van der Waals surface area contributed by atoms with E-state index in [4.69, 9.17) is 23.2 Å². The van der Waals surface area contributed by atoms with E-state index < -0.39 is 22.5 Å². The summed E-state index contributed by atoms with van der Waals surface area (Å²) in [6.45, 7) is 6.28. The molecule has 0 unspecified atom stereocenters. The first-order chi connectivity index (χ1) is 15.5. The standard InChI is InChI=1S/C24H29Cl2N3O3S/c1-24(2,3)17-9-11-18(12-10-17)27-28-23(30)16-29(19-13-14-21(25)22(26)15-19)33(31,32)20-7-5-4-6-8-20/h4-8,13-15,17H,9-12,16H2,1-3H3,(H,28,30). The molecule has 0 radical (unpaired) electrons. The molecule has 3 rings (SSSR count). The Balaban J connectivity index is 1.78. The number of carbonyl (C=O) groups is 1. The molecular weight excluding hydrogens is 481 g/mol. The normalized spacial score (nSPS) is 16.9. The van der Waals surface area contributed by atoms with Gasteiger partial charge in [0.15, 0.2) is 0 Å². The van der Waals surface area contributed by atoms with Gasteiger partial charge in [0.1, 0.15) is 6.54 Å². The van der Waals surface area contributed by atoms with Crippen LogP contribution in [-0.2, 0) is 14.8 Å². The predicted molar refractivity (Wildman–Crippen MR) is 134 cm³/mol. The molecule has 2 aromatic carbocycles. The van der Waals surface area contributed by atoms with Crippen LogP contribution < -0.4 is 9.73 Å². The first kappa shape index (κ1) is 25.5. The first-order valence-corrected chi connectivity index (χ1v) is 13.0. The third-order valence-electron chi connectivity index (χ3n) is 5.94. The minimum absolute atomic E-state index is 0.0655. The predicted octanol–water partition coefficient (Wildman–Crippen LogP) is 5.90. The highest BCUT2D eigenvalue weighted by Crippen LogP contribution is 2.36. The molecule has 0 aromatic heterocycles. The molecule has 9 heteroatoms. The quantitative estimate of drug-likeness (QED) is 0.492. The lowest BCUT2D eigenvalue weighted by atomic mass is 9.72. The van der Waals surface area contributed by atoms with E-state index in [2.05, 4.69) is 31.3 Å². The van der Waals surface area contributed by atoms with Crippen LogP contribution in [-0.4, -0.2) is 26.6 Å². The van der Waals surface area contributed by atoms with Gasteiger partial charge in [-0.2, -0.15) is 5.10 Å². The van der Waals surface area contributed by atoms with Crippen molar-refractivity contribution < 1.29 is 13.2 Å². The second-order valence-corrected chi connectivity index (χ2v) is 12.0. The molecule has 33 heavy (non-hydrogen) atoms. The van der Waals surface area contributed by atoms with Crippen molar-refractivity contribution in [3.8, 4) is 0 Å². The van der Waals surface area contributed by atoms with E-state index in [9.17, 15) is 13.2 Å². The van der Waals surface area contributed by atoms with E-state index in [-0.39, 0.29) is 21.0 Å². The van der Waals surface area contributed by atoms with Gasteiger partial charge in [-0.3, -0.25) is 9.10 Å². The number of nitrogens with zero attached hydrogens (tertiary/aromatic N) is 2. The Morgan fingerprint density at radius 2 is 1.70 bits per heavy atom. The molecule has 178 valence electrons. The van der Waals surface area contributed by atoms with Crippen molar-refractivity contribution in [1.82, 2.24) is 5.43 Å². The van der Waals surface area contributed by atoms with E-state index in [0.717, 1.165) is 35.7 Å². The molecular formula is C24H29Cl2N3O3S. The number of halogens is 2. The largest absolute Gasteiger partial charge is 0.271 e. The summed E-state index contributed by atoms with van der Waals surface area (Å²) in [5.41, 5.74) is 3.95. The van der Waals surface area contributed by atoms with E-state index in [0.29, 0.717) is 10.9 Å². The summed E-state index contributed by atoms with van der Waals surface area (Å²) in [6, 6.07) is 12.4. The Morgan fingerprint density at radius 1 is 1.06 bits per heavy atom. The smallest absolute Gasteiger partial charge is 0.264 e. The van der Waals surface area contributed by atoms with Crippen molar-refractivity contribution in [3.63, 3.8) is 0 Å². The first-order valence-electron chi connectivity index (χ1n) is 10.9. The highest BCUT2D eigenvalue weighted by Gasteiger charge is 2.29. The average molecular weight is 510 g/mol. The number of hydrazone groups is 1. The van der Waals surface area contributed by atoms with Gasteiger partial charge in [0.05, 0.1) is 20.6 Å². The Kier molecular flexibility index (Phi) is 8.08. The van der Waals surface area contributed by atoms with Crippen molar-refractivity contribution in [2.45, 2.75) is 51.3 Å². The maximum absolute atomic E-state index is 13.3. The minimum atomic E-state index is -4.02. The average Bonchev–Trinajstić information content (AvgIpc) is 2.78. The van der Waals surface area contributed by atoms with Crippen LogP contribution in [0.1, 0.15) is 46.5 Å². The lowest BCUT2D eigenvalue weighted by molar-refractivity contribution is -0.119. The number of carbonyl (C=O) groups excluding carboxylic acids is 1. The van der Waals surface area contributed by atoms with Crippen LogP contribution in [0.25, 0.3) is 0 Å². The molecule has 1 amide bonds. The fourth-order valence-electron chi connectivity index (χ4n) is 3.91. The molecule has 1 saturated carbocycles. The summed E-state index contributed by atoms with van der Waals surface area (Å²) in [4.78, 5) is 12.8. The summed E-state index contributed by atoms with van der Waals surface area (Å²) in [6.07, 6.45) is 3.69. The Morgan fingerprint density at radius 3 is 2.27 bits per heavy atom. The molecule has 0 heterocycles. The van der Waals surface area contributed by atoms with Gasteiger partial charge in [-0.25, -0.2) is 13.8 Å². The van der Waals surface area contributed by atoms with Gasteiger partial charge in [-0.1, -0.05) is 62.2 Å². The topological polar surface area (TPSA) is 78.8 Å². The van der Waals surface area contributed by atoms with E-state index in [1.54, 1.807) is 18.2 Å². The van der Waals surface area contributed by atoms with Crippen LogP contribution in [0.2, 0.25) is 10.0 Å². The number of sulfonamides is 1. The Bertz CT molecular complexity index is 1120. The number of nitrogens with one attached hydrogen (secondary N) is 1. The van der Waals surface area contributed by atoms with Gasteiger partial charge in [-0.05, 0) is 67.3 Å². The van der Waals surface area contributed by atoms with Gasteiger partial charge in [0.25, 0.3) is 15.9 Å². The maximum Gasteiger partial charge on any atom is 0.264 e. The number of hydrogen-bond acceptors (Lipinski definition) is 4. The van der Waals surface area contributed by atoms with Gasteiger partial charge >= 0.3 is 0 Å². The highest BCUT2D eigenvalue weighted by molar-refractivity contribution is 7.92. The lowest BCUT2D eigenvalue weighted by Crippen LogP contribution is -2.40. The van der Waals surface area contributed by atoms with Crippen LogP contribution in [0, 0.1) is 11.3 Å². The van der Waals surface area contributed by atoms with Crippen molar-refractivity contribution in [3.05, 3.63) is 58.6 Å². The maximum atomic E-state index is 13.3. The molecule has 1 aliphatic rings. The van der Waals surface area contributed by atoms with Crippen LogP contribution in [0.15, 0.2) is 58.5 Å². The molecule has 1 N–H and O–H groups in total. The zero-order valence-corrected chi connectivity index (χ0v) is 21.3. The molecule has 0 spiro atoms. The number of rotatable bonds is 6. The third kappa shape index (κ3) is 6.49. The summed E-state index contributed by atoms with van der Waals surface area (Å²) < 4.78 is 27.7. The monoisotopic (exact) mass is 509 g/mol. The van der Waals surface area contributed by atoms with Crippen molar-refractivity contribution >= 4 is 50.5 Å². The number of amides is 1. The Labute approximate surface area is 206 Å². The zero-order chi connectivity index (χ0) is 24.2. The van der Waals surface area contributed by atoms with Crippen LogP contribution in [0.3, 0.4) is 0 Å². The third-order valence-corrected chi connectivity index (χ3v) is 8.46. The van der Waals surface area contributed by atoms with Crippen LogP contribution >= 0.6 is 23.2 Å². The number of hydrogen-bond donors (Lipinski definition) is 1. The fraction of sp³-hybridized carbons (Fsp3) is 0.417. The van der Waals surface area contributed by atoms with E-state index in [1.165, 1.54) is 30.3 Å². The van der Waals surface area contributed by atoms with Gasteiger partial charge in [-0.15, -0.1) is 0 Å². The van der Waals surface area contributed by atoms with E-state index in [1.807, 2.05) is 0 Å². The fourth-order valence-corrected chi connectivity index (χ4v) is 5.64. The molecule has 0 atom stereocenters. The molecule has 0 saturated heterocycles. The molecule has 6 nitrogen and oxygen atoms in total. The SMILES string of the molecule is CC(C)(C)C1CCC(=NNC(=O)CN(c2ccc(Cl)c(Cl)c2)S(=O)(=O)c2ccccc2)CC1. The van der Waals surface area contributed by atoms with Crippen LogP contribution in [0.5, 0.6) is 0 Å². The van der Waals surface area contributed by atoms with Gasteiger partial charge < -0.3 is 0 Å². The number of anilines is 1. The van der Waals surface area contributed by atoms with Crippen molar-refractivity contribution in [2.24, 2.45) is 16.4 Å². The highest BCUT2D eigenvalue weighted by atomic mass is 35.5. The lowest BCUT2D eigenvalue weighted by Gasteiger charge is -2.34. The second-order valence-electron chi connectivity index (χ2n) is 9.28. The summed E-state index contributed by atoms with van der Waals surface area (Å²) >= 11 is 12.1. The molecule has 1 aliphatic carbocycles. The van der Waals surface area contributed by atoms with Crippen LogP contribution in [0.4, 0.5) is 5.69 Å². The van der Waals surface area contributed by atoms with Gasteiger partial charge in [0.2, 0.25) is 0 Å². The summed E-state index contributed by atoms with van der Waals surface area (Å²) in [5, 5.41) is 4.77. The number of benzene rings is 2. The van der Waals surface area contributed by atoms with Crippen molar-refractivity contribution in [1.29, 1.82) is 0 Å². The van der Waals surface area contributed by atoms with E-state index >= 15 is 0 Å². The summed E-state index contributed by atoms with van der Waals surface area (Å²) in [7, 11) is -4.02. The molecule has 0 aliphatic heterocycles. The summed E-state index contributed by atoms with van der Waals surface area (Å²) in [5.74, 6) is 0.0827. The van der Waals surface area contributed by atoms with Gasteiger partial charge in [0, 0.05) is 5.71 Å². The van der Waals surface area contributed by atoms with Crippen molar-refractivity contribution in [2.75, 3.05) is 10.8 Å².